The highest BCUT2D eigenvalue weighted by molar-refractivity contribution is 6.04. The van der Waals surface area contributed by atoms with E-state index in [1.165, 1.54) is 0 Å². The van der Waals surface area contributed by atoms with Crippen LogP contribution >= 0.6 is 0 Å². The van der Waals surface area contributed by atoms with Gasteiger partial charge in [0.15, 0.2) is 5.76 Å². The topological polar surface area (TPSA) is 70.8 Å². The van der Waals surface area contributed by atoms with Crippen molar-refractivity contribution in [2.45, 2.75) is 61.5 Å². The second kappa shape index (κ2) is 9.12. The van der Waals surface area contributed by atoms with Gasteiger partial charge in [-0.25, -0.2) is 0 Å². The summed E-state index contributed by atoms with van der Waals surface area (Å²) in [5.74, 6) is 0.838. The van der Waals surface area contributed by atoms with Gasteiger partial charge in [-0.05, 0) is 29.5 Å². The van der Waals surface area contributed by atoms with Crippen molar-refractivity contribution in [3.63, 3.8) is 0 Å². The number of aliphatic hydroxyl groups excluding tert-OH is 1. The van der Waals surface area contributed by atoms with E-state index in [9.17, 15) is 14.7 Å². The lowest BCUT2D eigenvalue weighted by molar-refractivity contribution is -0.131. The van der Waals surface area contributed by atoms with Gasteiger partial charge in [-0.1, -0.05) is 54.5 Å². The molecule has 0 saturated carbocycles. The Morgan fingerprint density at radius 3 is 2.14 bits per heavy atom. The van der Waals surface area contributed by atoms with Crippen molar-refractivity contribution in [3.05, 3.63) is 35.1 Å². The molecule has 2 rings (SSSR count). The lowest BCUT2D eigenvalue weighted by Crippen LogP contribution is -2.38. The summed E-state index contributed by atoms with van der Waals surface area (Å²) in [7, 11) is 0. The summed E-state index contributed by atoms with van der Waals surface area (Å²) in [4.78, 5) is 28.2. The summed E-state index contributed by atoms with van der Waals surface area (Å²) in [6.45, 7) is 15.2. The third-order valence-electron chi connectivity index (χ3n) is 4.78. The predicted molar refractivity (Wildman–Crippen MR) is 116 cm³/mol. The number of hydrogen-bond acceptors (Lipinski definition) is 4. The summed E-state index contributed by atoms with van der Waals surface area (Å²) >= 11 is 0. The van der Waals surface area contributed by atoms with Gasteiger partial charge >= 0.3 is 0 Å². The lowest BCUT2D eigenvalue weighted by atomic mass is 9.87. The van der Waals surface area contributed by atoms with Gasteiger partial charge in [-0.3, -0.25) is 9.59 Å². The van der Waals surface area contributed by atoms with E-state index in [0.29, 0.717) is 36.1 Å². The molecule has 0 bridgehead atoms. The molecule has 5 heteroatoms. The molecule has 0 spiro atoms. The highest BCUT2D eigenvalue weighted by Gasteiger charge is 2.31. The standard InChI is InChI=1S/C24H35NO4/c1-15(2)12-25(13-16(3)4)21(27)11-19-18-10-17(14-26)8-9-20(18)29-22(19)23(28)24(5,6)7/h8-10,15-16,26H,11-14H2,1-7H3. The molecule has 0 fully saturated rings. The summed E-state index contributed by atoms with van der Waals surface area (Å²) < 4.78 is 5.93. The van der Waals surface area contributed by atoms with Crippen LogP contribution in [0.25, 0.3) is 11.0 Å². The first-order valence-electron chi connectivity index (χ1n) is 10.4. The Balaban J connectivity index is 2.52. The van der Waals surface area contributed by atoms with Crippen molar-refractivity contribution < 1.29 is 19.1 Å². The van der Waals surface area contributed by atoms with Gasteiger partial charge in [0.2, 0.25) is 11.7 Å². The van der Waals surface area contributed by atoms with E-state index >= 15 is 0 Å². The van der Waals surface area contributed by atoms with E-state index in [-0.39, 0.29) is 30.5 Å². The Kier molecular flexibility index (Phi) is 7.28. The molecule has 1 heterocycles. The van der Waals surface area contributed by atoms with Crippen LogP contribution in [0.2, 0.25) is 0 Å². The molecule has 0 aliphatic carbocycles. The molecular weight excluding hydrogens is 366 g/mol. The average Bonchev–Trinajstić information content (AvgIpc) is 2.96. The number of benzene rings is 1. The fourth-order valence-electron chi connectivity index (χ4n) is 3.42. The molecule has 0 saturated heterocycles. The van der Waals surface area contributed by atoms with Gasteiger partial charge in [-0.15, -0.1) is 0 Å². The Morgan fingerprint density at radius 2 is 1.66 bits per heavy atom. The first-order valence-corrected chi connectivity index (χ1v) is 10.4. The van der Waals surface area contributed by atoms with Gasteiger partial charge in [0.25, 0.3) is 0 Å². The van der Waals surface area contributed by atoms with Crippen LogP contribution in [0.3, 0.4) is 0 Å². The number of carbonyl (C=O) groups is 2. The van der Waals surface area contributed by atoms with Crippen molar-refractivity contribution in [2.24, 2.45) is 17.3 Å². The van der Waals surface area contributed by atoms with Crippen molar-refractivity contribution >= 4 is 22.7 Å². The highest BCUT2D eigenvalue weighted by atomic mass is 16.3. The fraction of sp³-hybridized carbons (Fsp3) is 0.583. The number of rotatable bonds is 8. The van der Waals surface area contributed by atoms with Gasteiger partial charge < -0.3 is 14.4 Å². The third kappa shape index (κ3) is 5.69. The molecule has 1 aromatic heterocycles. The predicted octanol–water partition coefficient (Wildman–Crippen LogP) is 4.84. The van der Waals surface area contributed by atoms with Crippen LogP contribution in [0, 0.1) is 17.3 Å². The quantitative estimate of drug-likeness (QED) is 0.643. The average molecular weight is 402 g/mol. The molecule has 0 aliphatic heterocycles. The van der Waals surface area contributed by atoms with E-state index in [4.69, 9.17) is 4.42 Å². The number of ketones is 1. The SMILES string of the molecule is CC(C)CN(CC(C)C)C(=O)Cc1c(C(=O)C(C)(C)C)oc2ccc(CO)cc12. The van der Waals surface area contributed by atoms with E-state index in [1.54, 1.807) is 12.1 Å². The van der Waals surface area contributed by atoms with Crippen LogP contribution in [0.1, 0.15) is 70.1 Å². The summed E-state index contributed by atoms with van der Waals surface area (Å²) in [6, 6.07) is 5.34. The van der Waals surface area contributed by atoms with Crippen molar-refractivity contribution in [3.8, 4) is 0 Å². The van der Waals surface area contributed by atoms with Crippen molar-refractivity contribution in [1.82, 2.24) is 4.90 Å². The number of nitrogens with zero attached hydrogens (tertiary/aromatic N) is 1. The lowest BCUT2D eigenvalue weighted by Gasteiger charge is -2.26. The van der Waals surface area contributed by atoms with E-state index < -0.39 is 5.41 Å². The fourth-order valence-corrected chi connectivity index (χ4v) is 3.42. The van der Waals surface area contributed by atoms with Crippen LogP contribution in [0.4, 0.5) is 0 Å². The third-order valence-corrected chi connectivity index (χ3v) is 4.78. The van der Waals surface area contributed by atoms with Crippen molar-refractivity contribution in [2.75, 3.05) is 13.1 Å². The maximum atomic E-state index is 13.2. The smallest absolute Gasteiger partial charge is 0.227 e. The molecule has 0 radical (unpaired) electrons. The Labute approximate surface area is 174 Å². The minimum Gasteiger partial charge on any atom is -0.453 e. The molecule has 29 heavy (non-hydrogen) atoms. The van der Waals surface area contributed by atoms with Crippen LogP contribution < -0.4 is 0 Å². The largest absolute Gasteiger partial charge is 0.453 e. The normalized spacial score (nSPS) is 12.2. The number of carbonyl (C=O) groups excluding carboxylic acids is 2. The zero-order chi connectivity index (χ0) is 21.9. The zero-order valence-electron chi connectivity index (χ0n) is 18.8. The number of aliphatic hydroxyl groups is 1. The maximum Gasteiger partial charge on any atom is 0.227 e. The summed E-state index contributed by atoms with van der Waals surface area (Å²) in [5, 5.41) is 10.3. The minimum absolute atomic E-state index is 0.00698. The molecule has 0 unspecified atom stereocenters. The van der Waals surface area contributed by atoms with Gasteiger partial charge in [-0.2, -0.15) is 0 Å². The molecule has 0 atom stereocenters. The molecule has 1 aromatic carbocycles. The second-order valence-corrected chi connectivity index (χ2v) is 9.74. The molecule has 5 nitrogen and oxygen atoms in total. The van der Waals surface area contributed by atoms with Crippen LogP contribution in [0.5, 0.6) is 0 Å². The Morgan fingerprint density at radius 1 is 1.07 bits per heavy atom. The molecule has 1 amide bonds. The molecule has 1 N–H and O–H groups in total. The van der Waals surface area contributed by atoms with Gasteiger partial charge in [0, 0.05) is 29.5 Å². The molecule has 2 aromatic rings. The monoisotopic (exact) mass is 401 g/mol. The number of Topliss-reactive ketones (excluding diaryl/α,β-unsaturated/α-hetero) is 1. The number of hydrogen-bond donors (Lipinski definition) is 1. The van der Waals surface area contributed by atoms with Crippen molar-refractivity contribution in [1.29, 1.82) is 0 Å². The number of amides is 1. The highest BCUT2D eigenvalue weighted by Crippen LogP contribution is 2.32. The van der Waals surface area contributed by atoms with E-state index in [1.807, 2.05) is 31.7 Å². The minimum atomic E-state index is -0.624. The van der Waals surface area contributed by atoms with Gasteiger partial charge in [0.05, 0.1) is 13.0 Å². The summed E-state index contributed by atoms with van der Waals surface area (Å²) in [6.07, 6.45) is 0.110. The molecule has 0 aliphatic rings. The molecular formula is C24H35NO4. The molecule has 160 valence electrons. The van der Waals surface area contributed by atoms with Crippen LogP contribution in [0.15, 0.2) is 22.6 Å². The number of fused-ring (bicyclic) bond motifs is 1. The van der Waals surface area contributed by atoms with Crippen LogP contribution in [-0.2, 0) is 17.8 Å². The zero-order valence-corrected chi connectivity index (χ0v) is 18.8. The van der Waals surface area contributed by atoms with Gasteiger partial charge in [0.1, 0.15) is 5.58 Å². The van der Waals surface area contributed by atoms with Crippen LogP contribution in [-0.4, -0.2) is 34.8 Å². The summed E-state index contributed by atoms with van der Waals surface area (Å²) in [5.41, 5.74) is 1.29. The first kappa shape index (κ1) is 23.1. The van der Waals surface area contributed by atoms with E-state index in [2.05, 4.69) is 27.7 Å². The Bertz CT molecular complexity index is 861. The Hall–Kier alpha value is -2.14. The maximum absolute atomic E-state index is 13.2. The van der Waals surface area contributed by atoms with E-state index in [0.717, 1.165) is 10.9 Å². The second-order valence-electron chi connectivity index (χ2n) is 9.74. The first-order chi connectivity index (χ1) is 13.4. The number of furan rings is 1.